The quantitative estimate of drug-likeness (QED) is 0.511. The zero-order chi connectivity index (χ0) is 18.9. The number of hydrogen-bond donors (Lipinski definition) is 3. The molecule has 8 nitrogen and oxygen atoms in total. The van der Waals surface area contributed by atoms with Crippen LogP contribution in [0.25, 0.3) is 0 Å². The molecule has 3 N–H and O–H groups in total. The van der Waals surface area contributed by atoms with Gasteiger partial charge < -0.3 is 15.2 Å². The number of carboxylic acids is 1. The van der Waals surface area contributed by atoms with Crippen molar-refractivity contribution in [3.8, 4) is 5.75 Å². The minimum Gasteiger partial charge on any atom is -0.497 e. The van der Waals surface area contributed by atoms with Gasteiger partial charge in [0.1, 0.15) is 5.75 Å². The molecule has 0 spiro atoms. The molecule has 0 radical (unpaired) electrons. The van der Waals surface area contributed by atoms with Crippen molar-refractivity contribution < 1.29 is 24.2 Å². The van der Waals surface area contributed by atoms with E-state index in [2.05, 4.69) is 15.8 Å². The first kappa shape index (κ1) is 18.7. The Bertz CT molecular complexity index is 831. The van der Waals surface area contributed by atoms with Crippen molar-refractivity contribution in [1.82, 2.24) is 10.7 Å². The number of carbonyl (C=O) groups excluding carboxylic acids is 2. The summed E-state index contributed by atoms with van der Waals surface area (Å²) in [6.07, 6.45) is 1.37. The molecule has 0 aromatic heterocycles. The lowest BCUT2D eigenvalue weighted by Gasteiger charge is -2.06. The molecule has 8 heteroatoms. The fourth-order valence-corrected chi connectivity index (χ4v) is 1.96. The summed E-state index contributed by atoms with van der Waals surface area (Å²) in [7, 11) is 1.50. The first-order valence-corrected chi connectivity index (χ1v) is 7.57. The maximum atomic E-state index is 12.0. The number of benzene rings is 2. The standard InChI is InChI=1S/C18H17N3O5/c1-26-15-4-2-3-14(9-15)17(23)19-11-16(22)21-20-10-12-5-7-13(8-6-12)18(24)25/h2-10H,11H2,1H3,(H,19,23)(H,21,22)(H,24,25). The Labute approximate surface area is 149 Å². The molecule has 0 aliphatic carbocycles. The van der Waals surface area contributed by atoms with Crippen molar-refractivity contribution in [2.75, 3.05) is 13.7 Å². The third-order valence-electron chi connectivity index (χ3n) is 3.30. The summed E-state index contributed by atoms with van der Waals surface area (Å²) in [5, 5.41) is 15.0. The predicted octanol–water partition coefficient (Wildman–Crippen LogP) is 1.27. The average molecular weight is 355 g/mol. The summed E-state index contributed by atoms with van der Waals surface area (Å²) in [4.78, 5) is 34.4. The molecule has 26 heavy (non-hydrogen) atoms. The van der Waals surface area contributed by atoms with Gasteiger partial charge in [-0.05, 0) is 35.9 Å². The number of aromatic carboxylic acids is 1. The van der Waals surface area contributed by atoms with Crippen molar-refractivity contribution >= 4 is 24.0 Å². The number of hydrazone groups is 1. The van der Waals surface area contributed by atoms with Gasteiger partial charge in [0.2, 0.25) is 0 Å². The van der Waals surface area contributed by atoms with E-state index in [1.54, 1.807) is 36.4 Å². The van der Waals surface area contributed by atoms with E-state index in [9.17, 15) is 14.4 Å². The number of ether oxygens (including phenoxy) is 1. The minimum atomic E-state index is -1.02. The van der Waals surface area contributed by atoms with Crippen molar-refractivity contribution in [2.24, 2.45) is 5.10 Å². The van der Waals surface area contributed by atoms with Crippen molar-refractivity contribution in [1.29, 1.82) is 0 Å². The smallest absolute Gasteiger partial charge is 0.335 e. The molecule has 0 bridgehead atoms. The fraction of sp³-hybridized carbons (Fsp3) is 0.111. The van der Waals surface area contributed by atoms with Crippen LogP contribution in [-0.2, 0) is 4.79 Å². The lowest BCUT2D eigenvalue weighted by atomic mass is 10.1. The molecular formula is C18H17N3O5. The monoisotopic (exact) mass is 355 g/mol. The van der Waals surface area contributed by atoms with Gasteiger partial charge in [0.25, 0.3) is 11.8 Å². The van der Waals surface area contributed by atoms with Gasteiger partial charge in [0.15, 0.2) is 0 Å². The van der Waals surface area contributed by atoms with E-state index >= 15 is 0 Å². The SMILES string of the molecule is COc1cccc(C(=O)NCC(=O)NN=Cc2ccc(C(=O)O)cc2)c1. The van der Waals surface area contributed by atoms with Gasteiger partial charge in [0, 0.05) is 5.56 Å². The zero-order valence-corrected chi connectivity index (χ0v) is 13.9. The lowest BCUT2D eigenvalue weighted by molar-refractivity contribution is -0.120. The summed E-state index contributed by atoms with van der Waals surface area (Å²) >= 11 is 0. The molecule has 2 aromatic rings. The van der Waals surface area contributed by atoms with Crippen molar-refractivity contribution in [2.45, 2.75) is 0 Å². The molecule has 2 aromatic carbocycles. The van der Waals surface area contributed by atoms with Gasteiger partial charge >= 0.3 is 5.97 Å². The van der Waals surface area contributed by atoms with E-state index in [0.29, 0.717) is 16.9 Å². The second-order valence-electron chi connectivity index (χ2n) is 5.13. The number of nitrogens with zero attached hydrogens (tertiary/aromatic N) is 1. The Balaban J connectivity index is 1.81. The van der Waals surface area contributed by atoms with Gasteiger partial charge in [-0.15, -0.1) is 0 Å². The Hall–Kier alpha value is -3.68. The number of rotatable bonds is 7. The van der Waals surface area contributed by atoms with Crippen LogP contribution in [0.5, 0.6) is 5.75 Å². The van der Waals surface area contributed by atoms with Gasteiger partial charge in [-0.25, -0.2) is 10.2 Å². The maximum Gasteiger partial charge on any atom is 0.335 e. The summed E-state index contributed by atoms with van der Waals surface area (Å²) in [5.74, 6) is -1.39. The first-order valence-electron chi connectivity index (χ1n) is 7.57. The number of amides is 2. The number of carboxylic acid groups (broad SMARTS) is 1. The van der Waals surface area contributed by atoms with Gasteiger partial charge in [-0.3, -0.25) is 9.59 Å². The Morgan fingerprint density at radius 2 is 1.85 bits per heavy atom. The molecule has 0 aliphatic rings. The fourth-order valence-electron chi connectivity index (χ4n) is 1.96. The minimum absolute atomic E-state index is 0.159. The molecule has 2 rings (SSSR count). The second-order valence-corrected chi connectivity index (χ2v) is 5.13. The molecule has 134 valence electrons. The van der Waals surface area contributed by atoms with E-state index in [1.165, 1.54) is 25.5 Å². The molecule has 0 saturated carbocycles. The van der Waals surface area contributed by atoms with Crippen LogP contribution < -0.4 is 15.5 Å². The van der Waals surface area contributed by atoms with E-state index in [-0.39, 0.29) is 12.1 Å². The van der Waals surface area contributed by atoms with Crippen molar-refractivity contribution in [3.05, 3.63) is 65.2 Å². The normalized spacial score (nSPS) is 10.3. The maximum absolute atomic E-state index is 12.0. The summed E-state index contributed by atoms with van der Waals surface area (Å²) < 4.78 is 5.04. The molecule has 0 saturated heterocycles. The number of nitrogens with one attached hydrogen (secondary N) is 2. The third-order valence-corrected chi connectivity index (χ3v) is 3.30. The van der Waals surface area contributed by atoms with Gasteiger partial charge in [-0.1, -0.05) is 18.2 Å². The van der Waals surface area contributed by atoms with E-state index < -0.39 is 17.8 Å². The lowest BCUT2D eigenvalue weighted by Crippen LogP contribution is -2.34. The van der Waals surface area contributed by atoms with Crippen LogP contribution in [0, 0.1) is 0 Å². The number of methoxy groups -OCH3 is 1. The Morgan fingerprint density at radius 3 is 2.50 bits per heavy atom. The average Bonchev–Trinajstić information content (AvgIpc) is 2.66. The number of carbonyl (C=O) groups is 3. The molecule has 0 atom stereocenters. The topological polar surface area (TPSA) is 117 Å². The molecule has 0 fully saturated rings. The first-order chi connectivity index (χ1) is 12.5. The second kappa shape index (κ2) is 8.97. The Kier molecular flexibility index (Phi) is 6.44. The highest BCUT2D eigenvalue weighted by atomic mass is 16.5. The van der Waals surface area contributed by atoms with Crippen LogP contribution in [0.1, 0.15) is 26.3 Å². The molecule has 0 aliphatic heterocycles. The Morgan fingerprint density at radius 1 is 1.12 bits per heavy atom. The predicted molar refractivity (Wildman–Crippen MR) is 94.5 cm³/mol. The van der Waals surface area contributed by atoms with Crippen LogP contribution >= 0.6 is 0 Å². The molecular weight excluding hydrogens is 338 g/mol. The van der Waals surface area contributed by atoms with Crippen LogP contribution in [0.2, 0.25) is 0 Å². The van der Waals surface area contributed by atoms with Gasteiger partial charge in [0.05, 0.1) is 25.4 Å². The summed E-state index contributed by atoms with van der Waals surface area (Å²) in [6, 6.07) is 12.5. The van der Waals surface area contributed by atoms with Crippen LogP contribution in [-0.4, -0.2) is 42.8 Å². The molecule has 0 unspecified atom stereocenters. The molecule has 2 amide bonds. The molecule has 0 heterocycles. The van der Waals surface area contributed by atoms with Crippen LogP contribution in [0.3, 0.4) is 0 Å². The highest BCUT2D eigenvalue weighted by Gasteiger charge is 2.08. The van der Waals surface area contributed by atoms with E-state index in [4.69, 9.17) is 9.84 Å². The van der Waals surface area contributed by atoms with Crippen LogP contribution in [0.15, 0.2) is 53.6 Å². The number of hydrogen-bond acceptors (Lipinski definition) is 5. The zero-order valence-electron chi connectivity index (χ0n) is 13.9. The third kappa shape index (κ3) is 5.45. The van der Waals surface area contributed by atoms with E-state index in [1.807, 2.05) is 0 Å². The van der Waals surface area contributed by atoms with E-state index in [0.717, 1.165) is 0 Å². The van der Waals surface area contributed by atoms with Gasteiger partial charge in [-0.2, -0.15) is 5.10 Å². The van der Waals surface area contributed by atoms with Crippen LogP contribution in [0.4, 0.5) is 0 Å². The largest absolute Gasteiger partial charge is 0.497 e. The van der Waals surface area contributed by atoms with Crippen molar-refractivity contribution in [3.63, 3.8) is 0 Å². The summed E-state index contributed by atoms with van der Waals surface area (Å²) in [6.45, 7) is -0.245. The highest BCUT2D eigenvalue weighted by Crippen LogP contribution is 2.12. The highest BCUT2D eigenvalue weighted by molar-refractivity contribution is 5.97. The summed E-state index contributed by atoms with van der Waals surface area (Å²) in [5.41, 5.74) is 3.43.